The van der Waals surface area contributed by atoms with Crippen LogP contribution in [-0.2, 0) is 16.0 Å². The molecule has 0 unspecified atom stereocenters. The van der Waals surface area contributed by atoms with E-state index in [0.29, 0.717) is 36.5 Å². The molecule has 8 nitrogen and oxygen atoms in total. The Bertz CT molecular complexity index is 1430. The summed E-state index contributed by atoms with van der Waals surface area (Å²) < 4.78 is 11.0. The number of carbonyl (C=O) groups is 3. The molecule has 0 radical (unpaired) electrons. The summed E-state index contributed by atoms with van der Waals surface area (Å²) >= 11 is 6.51. The maximum atomic E-state index is 14.0. The number of halogens is 1. The normalized spacial score (nSPS) is 13.1. The van der Waals surface area contributed by atoms with Crippen LogP contribution < -0.4 is 9.80 Å². The molecule has 43 heavy (non-hydrogen) atoms. The lowest BCUT2D eigenvalue weighted by molar-refractivity contribution is 0.00121. The van der Waals surface area contributed by atoms with Gasteiger partial charge < -0.3 is 19.3 Å². The zero-order valence-corrected chi connectivity index (χ0v) is 26.5. The summed E-state index contributed by atoms with van der Waals surface area (Å²) in [5.74, 6) is -0.105. The Labute approximate surface area is 259 Å². The highest BCUT2D eigenvalue weighted by atomic mass is 35.5. The van der Waals surface area contributed by atoms with Crippen molar-refractivity contribution in [2.75, 3.05) is 22.9 Å². The van der Waals surface area contributed by atoms with Gasteiger partial charge >= 0.3 is 12.2 Å². The van der Waals surface area contributed by atoms with E-state index < -0.39 is 23.4 Å². The number of fused-ring (bicyclic) bond motifs is 2. The maximum absolute atomic E-state index is 14.0. The van der Waals surface area contributed by atoms with E-state index in [1.165, 1.54) is 0 Å². The smallest absolute Gasteiger partial charge is 0.419 e. The first-order chi connectivity index (χ1) is 20.2. The summed E-state index contributed by atoms with van der Waals surface area (Å²) in [4.78, 5) is 44.8. The van der Waals surface area contributed by atoms with Crippen LogP contribution in [0.25, 0.3) is 0 Å². The molecule has 228 valence electrons. The molecule has 1 aliphatic rings. The lowest BCUT2D eigenvalue weighted by Gasteiger charge is -2.29. The number of carbonyl (C=O) groups excluding carboxylic acids is 3. The van der Waals surface area contributed by atoms with Crippen molar-refractivity contribution in [2.45, 2.75) is 72.1 Å². The Kier molecular flexibility index (Phi) is 9.70. The number of nitrogens with zero attached hydrogens (tertiary/aromatic N) is 3. The molecule has 0 atom stereocenters. The summed E-state index contributed by atoms with van der Waals surface area (Å²) in [6.45, 7) is 11.5. The standard InChI is InChI=1S/C34H40ClN3O5/c1-33(2,3)42-31(40)37(32(41)43-34(4,5)6)21-13-12-20-36-27-17-11-10-16-26(27)30(39)38(23-24-14-8-7-9-15-24)28-19-18-25(35)22-29(28)36/h7-11,14-19,22H,12-13,20-21,23H2,1-6H3. The summed E-state index contributed by atoms with van der Waals surface area (Å²) in [5, 5.41) is 0.552. The molecule has 3 amide bonds. The first kappa shape index (κ1) is 31.9. The van der Waals surface area contributed by atoms with Crippen LogP contribution in [0.2, 0.25) is 5.02 Å². The van der Waals surface area contributed by atoms with Crippen LogP contribution in [0.5, 0.6) is 0 Å². The van der Waals surface area contributed by atoms with Crippen molar-refractivity contribution in [1.82, 2.24) is 4.90 Å². The second-order valence-corrected chi connectivity index (χ2v) is 12.9. The van der Waals surface area contributed by atoms with Crippen LogP contribution in [0.15, 0.2) is 72.8 Å². The van der Waals surface area contributed by atoms with Gasteiger partial charge in [0.1, 0.15) is 11.2 Å². The lowest BCUT2D eigenvalue weighted by atomic mass is 10.1. The van der Waals surface area contributed by atoms with Gasteiger partial charge in [0.25, 0.3) is 5.91 Å². The number of ether oxygens (including phenoxy) is 2. The van der Waals surface area contributed by atoms with Gasteiger partial charge in [0.05, 0.1) is 29.2 Å². The van der Waals surface area contributed by atoms with Crippen molar-refractivity contribution >= 4 is 46.8 Å². The molecule has 9 heteroatoms. The lowest BCUT2D eigenvalue weighted by Crippen LogP contribution is -2.44. The number of hydrogen-bond donors (Lipinski definition) is 0. The van der Waals surface area contributed by atoms with Gasteiger partial charge in [-0.15, -0.1) is 0 Å². The minimum Gasteiger partial charge on any atom is -0.443 e. The van der Waals surface area contributed by atoms with E-state index in [1.807, 2.05) is 66.7 Å². The molecule has 1 heterocycles. The monoisotopic (exact) mass is 605 g/mol. The van der Waals surface area contributed by atoms with E-state index in [-0.39, 0.29) is 12.5 Å². The largest absolute Gasteiger partial charge is 0.443 e. The van der Waals surface area contributed by atoms with E-state index in [1.54, 1.807) is 52.5 Å². The molecule has 3 aromatic rings. The van der Waals surface area contributed by atoms with Crippen LogP contribution >= 0.6 is 11.6 Å². The van der Waals surface area contributed by atoms with Gasteiger partial charge in [0.2, 0.25) is 0 Å². The third kappa shape index (κ3) is 8.29. The number of para-hydroxylation sites is 1. The highest BCUT2D eigenvalue weighted by molar-refractivity contribution is 6.31. The van der Waals surface area contributed by atoms with Gasteiger partial charge in [0, 0.05) is 18.1 Å². The fraction of sp³-hybridized carbons (Fsp3) is 0.382. The van der Waals surface area contributed by atoms with Crippen molar-refractivity contribution in [3.8, 4) is 0 Å². The topological polar surface area (TPSA) is 79.4 Å². The van der Waals surface area contributed by atoms with Gasteiger partial charge in [-0.3, -0.25) is 4.79 Å². The van der Waals surface area contributed by atoms with Crippen molar-refractivity contribution in [3.05, 3.63) is 88.9 Å². The molecule has 4 rings (SSSR count). The Morgan fingerprint density at radius 1 is 0.744 bits per heavy atom. The average molecular weight is 606 g/mol. The molecule has 0 aromatic heterocycles. The molecule has 0 spiro atoms. The highest BCUT2D eigenvalue weighted by Gasteiger charge is 2.33. The van der Waals surface area contributed by atoms with Gasteiger partial charge in [-0.1, -0.05) is 54.1 Å². The van der Waals surface area contributed by atoms with E-state index in [4.69, 9.17) is 21.1 Å². The van der Waals surface area contributed by atoms with Crippen LogP contribution in [0.1, 0.15) is 70.3 Å². The summed E-state index contributed by atoms with van der Waals surface area (Å²) in [5.41, 5.74) is 2.36. The van der Waals surface area contributed by atoms with Gasteiger partial charge in [-0.25, -0.2) is 14.5 Å². The second-order valence-electron chi connectivity index (χ2n) is 12.5. The molecule has 0 bridgehead atoms. The van der Waals surface area contributed by atoms with Crippen molar-refractivity contribution in [3.63, 3.8) is 0 Å². The first-order valence-electron chi connectivity index (χ1n) is 14.5. The van der Waals surface area contributed by atoms with Crippen LogP contribution in [0.3, 0.4) is 0 Å². The second kappa shape index (κ2) is 13.1. The number of hydrogen-bond acceptors (Lipinski definition) is 6. The Hall–Kier alpha value is -4.04. The average Bonchev–Trinajstić information content (AvgIpc) is 3.00. The van der Waals surface area contributed by atoms with E-state index in [0.717, 1.165) is 27.5 Å². The molecule has 0 saturated heterocycles. The quantitative estimate of drug-likeness (QED) is 0.251. The van der Waals surface area contributed by atoms with Crippen LogP contribution in [-0.4, -0.2) is 47.3 Å². The summed E-state index contributed by atoms with van der Waals surface area (Å²) in [6.07, 6.45) is -0.424. The zero-order chi connectivity index (χ0) is 31.4. The van der Waals surface area contributed by atoms with Crippen LogP contribution in [0.4, 0.5) is 26.7 Å². The summed E-state index contributed by atoms with van der Waals surface area (Å²) in [6, 6.07) is 22.9. The zero-order valence-electron chi connectivity index (χ0n) is 25.7. The third-order valence-electron chi connectivity index (χ3n) is 6.61. The molecule has 3 aromatic carbocycles. The van der Waals surface area contributed by atoms with E-state index in [2.05, 4.69) is 4.90 Å². The number of anilines is 3. The summed E-state index contributed by atoms with van der Waals surface area (Å²) in [7, 11) is 0. The van der Waals surface area contributed by atoms with Gasteiger partial charge in [-0.05, 0) is 90.3 Å². The SMILES string of the molecule is CC(C)(C)OC(=O)N(CCCCN1c2ccccc2C(=O)N(Cc2ccccc2)c2ccc(Cl)cc21)C(=O)OC(C)(C)C. The predicted octanol–water partition coefficient (Wildman–Crippen LogP) is 8.59. The Balaban J connectivity index is 1.60. The first-order valence-corrected chi connectivity index (χ1v) is 14.9. The van der Waals surface area contributed by atoms with Crippen molar-refractivity contribution < 1.29 is 23.9 Å². The number of amides is 3. The molecule has 0 saturated carbocycles. The fourth-order valence-electron chi connectivity index (χ4n) is 4.81. The maximum Gasteiger partial charge on any atom is 0.419 e. The third-order valence-corrected chi connectivity index (χ3v) is 6.85. The predicted molar refractivity (Wildman–Crippen MR) is 170 cm³/mol. The van der Waals surface area contributed by atoms with Crippen molar-refractivity contribution in [1.29, 1.82) is 0 Å². The van der Waals surface area contributed by atoms with Gasteiger partial charge in [0.15, 0.2) is 0 Å². The molecule has 0 aliphatic carbocycles. The van der Waals surface area contributed by atoms with Crippen molar-refractivity contribution in [2.24, 2.45) is 0 Å². The highest BCUT2D eigenvalue weighted by Crippen LogP contribution is 2.42. The Morgan fingerprint density at radius 3 is 1.98 bits per heavy atom. The molecule has 1 aliphatic heterocycles. The van der Waals surface area contributed by atoms with E-state index in [9.17, 15) is 14.4 Å². The fourth-order valence-corrected chi connectivity index (χ4v) is 4.98. The Morgan fingerprint density at radius 2 is 1.35 bits per heavy atom. The number of unbranched alkanes of at least 4 members (excludes halogenated alkanes) is 1. The van der Waals surface area contributed by atoms with Gasteiger partial charge in [-0.2, -0.15) is 0 Å². The van der Waals surface area contributed by atoms with E-state index >= 15 is 0 Å². The minimum absolute atomic E-state index is 0.105. The number of imide groups is 1. The molecule has 0 fully saturated rings. The molecular weight excluding hydrogens is 566 g/mol. The molecule has 0 N–H and O–H groups in total. The number of rotatable bonds is 7. The minimum atomic E-state index is -0.770. The van der Waals surface area contributed by atoms with Crippen LogP contribution in [0, 0.1) is 0 Å². The molecular formula is C34H40ClN3O5. The number of benzene rings is 3.